The molecule has 0 aliphatic carbocycles. The average Bonchev–Trinajstić information content (AvgIpc) is 2.64. The molecular weight excluding hydrogens is 210 g/mol. The van der Waals surface area contributed by atoms with Crippen molar-refractivity contribution >= 4 is 5.82 Å². The molecule has 0 aliphatic heterocycles. The molecule has 1 aromatic heterocycles. The van der Waals surface area contributed by atoms with Crippen molar-refractivity contribution in [1.29, 1.82) is 0 Å². The van der Waals surface area contributed by atoms with Gasteiger partial charge in [-0.05, 0) is 37.5 Å². The molecule has 0 bridgehead atoms. The Morgan fingerprint density at radius 3 is 2.71 bits per heavy atom. The second-order valence-electron chi connectivity index (χ2n) is 4.51. The number of hydrogen-bond donors (Lipinski definition) is 1. The predicted octanol–water partition coefficient (Wildman–Crippen LogP) is 3.02. The molecule has 90 valence electrons. The number of nitrogens with zero attached hydrogens (tertiary/aromatic N) is 2. The van der Waals surface area contributed by atoms with Crippen LogP contribution in [0.25, 0.3) is 5.69 Å². The summed E-state index contributed by atoms with van der Waals surface area (Å²) >= 11 is 0. The van der Waals surface area contributed by atoms with Crippen LogP contribution in [-0.4, -0.2) is 9.78 Å². The second-order valence-corrected chi connectivity index (χ2v) is 4.51. The Hall–Kier alpha value is -1.77. The Balaban J connectivity index is 2.48. The van der Waals surface area contributed by atoms with Gasteiger partial charge in [0.15, 0.2) is 0 Å². The van der Waals surface area contributed by atoms with Gasteiger partial charge in [0.2, 0.25) is 0 Å². The lowest BCUT2D eigenvalue weighted by Gasteiger charge is -2.08. The van der Waals surface area contributed by atoms with Crippen LogP contribution in [0.4, 0.5) is 5.82 Å². The van der Waals surface area contributed by atoms with Gasteiger partial charge in [-0.3, -0.25) is 0 Å². The van der Waals surface area contributed by atoms with Crippen molar-refractivity contribution in [3.05, 3.63) is 41.1 Å². The monoisotopic (exact) mass is 229 g/mol. The van der Waals surface area contributed by atoms with E-state index >= 15 is 0 Å². The van der Waals surface area contributed by atoms with Gasteiger partial charge in [-0.15, -0.1) is 0 Å². The van der Waals surface area contributed by atoms with Crippen LogP contribution in [0.5, 0.6) is 0 Å². The molecule has 2 N–H and O–H groups in total. The Morgan fingerprint density at radius 1 is 1.24 bits per heavy atom. The summed E-state index contributed by atoms with van der Waals surface area (Å²) in [5.41, 5.74) is 10.6. The third kappa shape index (κ3) is 2.33. The molecular formula is C14H19N3. The van der Waals surface area contributed by atoms with Crippen molar-refractivity contribution in [2.75, 3.05) is 5.73 Å². The van der Waals surface area contributed by atoms with Crippen molar-refractivity contribution in [2.45, 2.75) is 33.6 Å². The maximum absolute atomic E-state index is 6.02. The van der Waals surface area contributed by atoms with Crippen LogP contribution in [0, 0.1) is 13.8 Å². The summed E-state index contributed by atoms with van der Waals surface area (Å²) in [4.78, 5) is 0. The summed E-state index contributed by atoms with van der Waals surface area (Å²) < 4.78 is 1.84. The van der Waals surface area contributed by atoms with Crippen LogP contribution in [0.2, 0.25) is 0 Å². The van der Waals surface area contributed by atoms with Gasteiger partial charge in [0.05, 0.1) is 11.4 Å². The summed E-state index contributed by atoms with van der Waals surface area (Å²) in [6.07, 6.45) is 2.06. The fourth-order valence-corrected chi connectivity index (χ4v) is 1.97. The standard InChI is InChI=1S/C14H19N3/c1-4-5-12-9-14(15)17(16-12)13-8-10(2)6-7-11(13)3/h6-9H,4-5,15H2,1-3H3. The number of aromatic nitrogens is 2. The van der Waals surface area contributed by atoms with E-state index in [-0.39, 0.29) is 0 Å². The molecule has 0 saturated heterocycles. The largest absolute Gasteiger partial charge is 0.384 e. The molecule has 0 spiro atoms. The summed E-state index contributed by atoms with van der Waals surface area (Å²) in [6, 6.07) is 8.29. The quantitative estimate of drug-likeness (QED) is 0.879. The van der Waals surface area contributed by atoms with Crippen LogP contribution < -0.4 is 5.73 Å². The van der Waals surface area contributed by atoms with Gasteiger partial charge < -0.3 is 5.73 Å². The summed E-state index contributed by atoms with van der Waals surface area (Å²) in [5.74, 6) is 0.710. The van der Waals surface area contributed by atoms with E-state index in [1.54, 1.807) is 0 Å². The molecule has 0 fully saturated rings. The van der Waals surface area contributed by atoms with Crippen LogP contribution in [-0.2, 0) is 6.42 Å². The van der Waals surface area contributed by atoms with E-state index in [2.05, 4.69) is 44.1 Å². The molecule has 1 aromatic carbocycles. The van der Waals surface area contributed by atoms with Gasteiger partial charge in [-0.2, -0.15) is 5.10 Å². The molecule has 0 radical (unpaired) electrons. The fraction of sp³-hybridized carbons (Fsp3) is 0.357. The molecule has 3 nitrogen and oxygen atoms in total. The Bertz CT molecular complexity index is 526. The lowest BCUT2D eigenvalue weighted by Crippen LogP contribution is -2.04. The zero-order valence-electron chi connectivity index (χ0n) is 10.7. The first kappa shape index (κ1) is 11.7. The first-order chi connectivity index (χ1) is 8.11. The second kappa shape index (κ2) is 4.62. The minimum absolute atomic E-state index is 0.710. The van der Waals surface area contributed by atoms with Gasteiger partial charge in [-0.1, -0.05) is 25.5 Å². The average molecular weight is 229 g/mol. The predicted molar refractivity (Wildman–Crippen MR) is 71.4 cm³/mol. The SMILES string of the molecule is CCCc1cc(N)n(-c2cc(C)ccc2C)n1. The van der Waals surface area contributed by atoms with E-state index in [0.717, 1.165) is 24.2 Å². The highest BCUT2D eigenvalue weighted by Gasteiger charge is 2.08. The number of aryl methyl sites for hydroxylation is 3. The third-order valence-corrected chi connectivity index (χ3v) is 2.89. The Kier molecular flexibility index (Phi) is 3.18. The number of nitrogen functional groups attached to an aromatic ring is 1. The molecule has 0 saturated carbocycles. The first-order valence-electron chi connectivity index (χ1n) is 6.04. The van der Waals surface area contributed by atoms with E-state index in [4.69, 9.17) is 5.73 Å². The minimum Gasteiger partial charge on any atom is -0.384 e. The first-order valence-corrected chi connectivity index (χ1v) is 6.04. The van der Waals surface area contributed by atoms with Gasteiger partial charge >= 0.3 is 0 Å². The van der Waals surface area contributed by atoms with Crippen molar-refractivity contribution in [3.8, 4) is 5.69 Å². The van der Waals surface area contributed by atoms with E-state index in [0.29, 0.717) is 5.82 Å². The number of nitrogens with two attached hydrogens (primary N) is 1. The van der Waals surface area contributed by atoms with Gasteiger partial charge in [0.25, 0.3) is 0 Å². The molecule has 1 heterocycles. The molecule has 3 heteroatoms. The highest BCUT2D eigenvalue weighted by Crippen LogP contribution is 2.20. The molecule has 2 rings (SSSR count). The van der Waals surface area contributed by atoms with E-state index in [9.17, 15) is 0 Å². The fourth-order valence-electron chi connectivity index (χ4n) is 1.97. The van der Waals surface area contributed by atoms with Crippen LogP contribution in [0.1, 0.15) is 30.2 Å². The summed E-state index contributed by atoms with van der Waals surface area (Å²) in [6.45, 7) is 6.30. The molecule has 17 heavy (non-hydrogen) atoms. The van der Waals surface area contributed by atoms with Crippen LogP contribution in [0.15, 0.2) is 24.3 Å². The molecule has 0 amide bonds. The topological polar surface area (TPSA) is 43.8 Å². The van der Waals surface area contributed by atoms with Crippen LogP contribution >= 0.6 is 0 Å². The smallest absolute Gasteiger partial charge is 0.127 e. The van der Waals surface area contributed by atoms with Crippen LogP contribution in [0.3, 0.4) is 0 Å². The lowest BCUT2D eigenvalue weighted by atomic mass is 10.1. The molecule has 2 aromatic rings. The van der Waals surface area contributed by atoms with Crippen molar-refractivity contribution in [2.24, 2.45) is 0 Å². The van der Waals surface area contributed by atoms with Crippen molar-refractivity contribution in [1.82, 2.24) is 9.78 Å². The molecule has 0 unspecified atom stereocenters. The van der Waals surface area contributed by atoms with Crippen molar-refractivity contribution in [3.63, 3.8) is 0 Å². The zero-order valence-corrected chi connectivity index (χ0v) is 10.7. The number of hydrogen-bond acceptors (Lipinski definition) is 2. The van der Waals surface area contributed by atoms with E-state index in [1.165, 1.54) is 11.1 Å². The van der Waals surface area contributed by atoms with Crippen molar-refractivity contribution < 1.29 is 0 Å². The maximum atomic E-state index is 6.02. The molecule has 0 aliphatic rings. The Morgan fingerprint density at radius 2 is 2.00 bits per heavy atom. The summed E-state index contributed by atoms with van der Waals surface area (Å²) in [5, 5.41) is 4.56. The lowest BCUT2D eigenvalue weighted by molar-refractivity contribution is 0.807. The normalized spacial score (nSPS) is 10.8. The van der Waals surface area contributed by atoms with E-state index < -0.39 is 0 Å². The zero-order chi connectivity index (χ0) is 12.4. The number of benzene rings is 1. The Labute approximate surface area is 102 Å². The van der Waals surface area contributed by atoms with Gasteiger partial charge in [0.1, 0.15) is 5.82 Å². The highest BCUT2D eigenvalue weighted by atomic mass is 15.3. The van der Waals surface area contributed by atoms with Gasteiger partial charge in [-0.25, -0.2) is 4.68 Å². The molecule has 0 atom stereocenters. The summed E-state index contributed by atoms with van der Waals surface area (Å²) in [7, 11) is 0. The minimum atomic E-state index is 0.710. The highest BCUT2D eigenvalue weighted by molar-refractivity contribution is 5.48. The van der Waals surface area contributed by atoms with Gasteiger partial charge in [0, 0.05) is 6.07 Å². The van der Waals surface area contributed by atoms with E-state index in [1.807, 2.05) is 10.7 Å². The maximum Gasteiger partial charge on any atom is 0.127 e. The third-order valence-electron chi connectivity index (χ3n) is 2.89. The number of anilines is 1. The number of rotatable bonds is 3.